The van der Waals surface area contributed by atoms with Crippen molar-refractivity contribution in [1.29, 1.82) is 0 Å². The fourth-order valence-electron chi connectivity index (χ4n) is 3.46. The van der Waals surface area contributed by atoms with E-state index in [4.69, 9.17) is 4.42 Å². The van der Waals surface area contributed by atoms with E-state index in [1.165, 1.54) is 37.9 Å². The molecule has 0 radical (unpaired) electrons. The molecule has 29 heavy (non-hydrogen) atoms. The van der Waals surface area contributed by atoms with Crippen LogP contribution in [0.15, 0.2) is 39.9 Å². The number of benzene rings is 1. The molecule has 1 aromatic carbocycles. The first kappa shape index (κ1) is 23.7. The molecule has 160 valence electrons. The van der Waals surface area contributed by atoms with Crippen LogP contribution in [-0.2, 0) is 6.54 Å². The topological polar surface area (TPSA) is 65.7 Å². The van der Waals surface area contributed by atoms with E-state index >= 15 is 0 Å². The van der Waals surface area contributed by atoms with Gasteiger partial charge in [-0.2, -0.15) is 0 Å². The number of hydrogen-bond acceptors (Lipinski definition) is 4. The van der Waals surface area contributed by atoms with Crippen molar-refractivity contribution in [3.63, 3.8) is 0 Å². The third kappa shape index (κ3) is 7.62. The smallest absolute Gasteiger partial charge is 0.226 e. The molecule has 0 saturated carbocycles. The van der Waals surface area contributed by atoms with Crippen molar-refractivity contribution in [2.75, 3.05) is 33.2 Å². The number of hydrogen-bond donors (Lipinski definition) is 2. The van der Waals surface area contributed by atoms with Crippen LogP contribution < -0.4 is 10.6 Å². The van der Waals surface area contributed by atoms with Crippen LogP contribution in [-0.4, -0.2) is 49.1 Å². The summed E-state index contributed by atoms with van der Waals surface area (Å²) in [7, 11) is 2.21. The first-order valence-corrected chi connectivity index (χ1v) is 10.4. The highest BCUT2D eigenvalue weighted by molar-refractivity contribution is 14.0. The molecule has 3 rings (SSSR count). The second-order valence-corrected chi connectivity index (χ2v) is 7.67. The SMILES string of the molecule is CCNC(=NCc1coc(-c2ccc(C)cc2)n1)NCCC1CCN(C)CC1.I. The van der Waals surface area contributed by atoms with Gasteiger partial charge in [-0.3, -0.25) is 0 Å². The van der Waals surface area contributed by atoms with Gasteiger partial charge in [0, 0.05) is 18.7 Å². The minimum absolute atomic E-state index is 0. The average Bonchev–Trinajstić information content (AvgIpc) is 3.17. The second kappa shape index (κ2) is 12.2. The Kier molecular flexibility index (Phi) is 9.93. The normalized spacial score (nSPS) is 15.8. The summed E-state index contributed by atoms with van der Waals surface area (Å²) in [5.41, 5.74) is 3.05. The fraction of sp³-hybridized carbons (Fsp3) is 0.545. The predicted octanol–water partition coefficient (Wildman–Crippen LogP) is 4.06. The minimum Gasteiger partial charge on any atom is -0.444 e. The van der Waals surface area contributed by atoms with Crippen molar-refractivity contribution in [3.8, 4) is 11.5 Å². The van der Waals surface area contributed by atoms with Crippen LogP contribution in [0.25, 0.3) is 11.5 Å². The number of oxazole rings is 1. The molecule has 2 N–H and O–H groups in total. The Morgan fingerprint density at radius 3 is 2.62 bits per heavy atom. The number of piperidine rings is 1. The van der Waals surface area contributed by atoms with Crippen LogP contribution in [0.5, 0.6) is 0 Å². The molecule has 0 amide bonds. The highest BCUT2D eigenvalue weighted by Gasteiger charge is 2.16. The lowest BCUT2D eigenvalue weighted by molar-refractivity contribution is 0.213. The Labute approximate surface area is 191 Å². The van der Waals surface area contributed by atoms with Gasteiger partial charge in [0.15, 0.2) is 5.96 Å². The number of aromatic nitrogens is 1. The molecule has 1 saturated heterocycles. The Morgan fingerprint density at radius 2 is 1.93 bits per heavy atom. The van der Waals surface area contributed by atoms with E-state index < -0.39 is 0 Å². The van der Waals surface area contributed by atoms with Gasteiger partial charge >= 0.3 is 0 Å². The monoisotopic (exact) mass is 511 g/mol. The number of nitrogens with one attached hydrogen (secondary N) is 2. The molecule has 1 aliphatic heterocycles. The van der Waals surface area contributed by atoms with Gasteiger partial charge in [0.2, 0.25) is 5.89 Å². The minimum atomic E-state index is 0. The lowest BCUT2D eigenvalue weighted by atomic mass is 9.94. The average molecular weight is 511 g/mol. The Hall–Kier alpha value is -1.61. The van der Waals surface area contributed by atoms with Crippen molar-refractivity contribution in [1.82, 2.24) is 20.5 Å². The van der Waals surface area contributed by atoms with Gasteiger partial charge in [0.25, 0.3) is 0 Å². The summed E-state index contributed by atoms with van der Waals surface area (Å²) in [6, 6.07) is 8.19. The van der Waals surface area contributed by atoms with Crippen LogP contribution in [0.3, 0.4) is 0 Å². The zero-order chi connectivity index (χ0) is 19.8. The van der Waals surface area contributed by atoms with Gasteiger partial charge < -0.3 is 20.0 Å². The van der Waals surface area contributed by atoms with Crippen LogP contribution in [0.4, 0.5) is 0 Å². The molecular formula is C22H34IN5O. The van der Waals surface area contributed by atoms with Crippen LogP contribution in [0.2, 0.25) is 0 Å². The number of nitrogens with zero attached hydrogens (tertiary/aromatic N) is 3. The highest BCUT2D eigenvalue weighted by Crippen LogP contribution is 2.20. The molecule has 0 aliphatic carbocycles. The fourth-order valence-corrected chi connectivity index (χ4v) is 3.46. The zero-order valence-corrected chi connectivity index (χ0v) is 20.1. The Morgan fingerprint density at radius 1 is 1.21 bits per heavy atom. The predicted molar refractivity (Wildman–Crippen MR) is 130 cm³/mol. The molecule has 1 aliphatic rings. The van der Waals surface area contributed by atoms with Crippen LogP contribution in [0, 0.1) is 12.8 Å². The maximum Gasteiger partial charge on any atom is 0.226 e. The molecule has 7 heteroatoms. The van der Waals surface area contributed by atoms with Crippen LogP contribution in [0.1, 0.15) is 37.4 Å². The molecule has 0 unspecified atom stereocenters. The number of likely N-dealkylation sites (tertiary alicyclic amines) is 1. The molecular weight excluding hydrogens is 477 g/mol. The van der Waals surface area contributed by atoms with Gasteiger partial charge in [0.05, 0.1) is 6.54 Å². The standard InChI is InChI=1S/C22H33N5O.HI/c1-4-23-22(24-12-9-18-10-13-27(3)14-11-18)25-15-20-16-28-21(26-20)19-7-5-17(2)6-8-19;/h5-8,16,18H,4,9-15H2,1-3H3,(H2,23,24,25);1H. The number of aryl methyl sites for hydroxylation is 1. The molecule has 2 heterocycles. The maximum absolute atomic E-state index is 5.63. The van der Waals surface area contributed by atoms with E-state index in [2.05, 4.69) is 58.5 Å². The van der Waals surface area contributed by atoms with Crippen LogP contribution >= 0.6 is 24.0 Å². The quantitative estimate of drug-likeness (QED) is 0.334. The first-order valence-electron chi connectivity index (χ1n) is 10.4. The molecule has 1 aromatic heterocycles. The molecule has 6 nitrogen and oxygen atoms in total. The van der Waals surface area contributed by atoms with Crippen molar-refractivity contribution >= 4 is 29.9 Å². The number of halogens is 1. The van der Waals surface area contributed by atoms with Gasteiger partial charge in [-0.1, -0.05) is 17.7 Å². The molecule has 0 atom stereocenters. The van der Waals surface area contributed by atoms with Gasteiger partial charge in [0.1, 0.15) is 12.0 Å². The van der Waals surface area contributed by atoms with Gasteiger partial charge in [-0.15, -0.1) is 24.0 Å². The zero-order valence-electron chi connectivity index (χ0n) is 17.8. The summed E-state index contributed by atoms with van der Waals surface area (Å²) in [4.78, 5) is 11.6. The third-order valence-corrected chi connectivity index (χ3v) is 5.28. The molecule has 0 spiro atoms. The first-order chi connectivity index (χ1) is 13.6. The van der Waals surface area contributed by atoms with E-state index in [9.17, 15) is 0 Å². The molecule has 0 bridgehead atoms. The summed E-state index contributed by atoms with van der Waals surface area (Å²) in [5.74, 6) is 2.31. The summed E-state index contributed by atoms with van der Waals surface area (Å²) in [5, 5.41) is 6.78. The van der Waals surface area contributed by atoms with Gasteiger partial charge in [-0.25, -0.2) is 9.98 Å². The summed E-state index contributed by atoms with van der Waals surface area (Å²) in [6.07, 6.45) is 5.49. The molecule has 1 fully saturated rings. The third-order valence-electron chi connectivity index (χ3n) is 5.28. The number of aliphatic imine (C=N–C) groups is 1. The Balaban J connectivity index is 0.00000300. The van der Waals surface area contributed by atoms with Crippen molar-refractivity contribution in [3.05, 3.63) is 41.8 Å². The van der Waals surface area contributed by atoms with Crippen molar-refractivity contribution in [2.24, 2.45) is 10.9 Å². The van der Waals surface area contributed by atoms with E-state index in [1.807, 2.05) is 12.1 Å². The van der Waals surface area contributed by atoms with Gasteiger partial charge in [-0.05, 0) is 71.3 Å². The van der Waals surface area contributed by atoms with E-state index in [-0.39, 0.29) is 24.0 Å². The highest BCUT2D eigenvalue weighted by atomic mass is 127. The summed E-state index contributed by atoms with van der Waals surface area (Å²) >= 11 is 0. The number of rotatable bonds is 7. The molecule has 2 aromatic rings. The Bertz CT molecular complexity index is 751. The van der Waals surface area contributed by atoms with E-state index in [0.717, 1.165) is 36.2 Å². The summed E-state index contributed by atoms with van der Waals surface area (Å²) in [6.45, 7) is 8.88. The van der Waals surface area contributed by atoms with E-state index in [0.29, 0.717) is 12.4 Å². The van der Waals surface area contributed by atoms with Crippen molar-refractivity contribution < 1.29 is 4.42 Å². The maximum atomic E-state index is 5.63. The second-order valence-electron chi connectivity index (χ2n) is 7.67. The summed E-state index contributed by atoms with van der Waals surface area (Å²) < 4.78 is 5.63. The lowest BCUT2D eigenvalue weighted by Crippen LogP contribution is -2.39. The van der Waals surface area contributed by atoms with E-state index in [1.54, 1.807) is 6.26 Å². The lowest BCUT2D eigenvalue weighted by Gasteiger charge is -2.29. The largest absolute Gasteiger partial charge is 0.444 e. The van der Waals surface area contributed by atoms with Crippen molar-refractivity contribution in [2.45, 2.75) is 39.7 Å². The number of guanidine groups is 1.